The van der Waals surface area contributed by atoms with Crippen LogP contribution in [0.4, 0.5) is 0 Å². The Hall–Kier alpha value is -2.41. The molecule has 0 amide bonds. The first-order valence-electron chi connectivity index (χ1n) is 10.2. The number of likely N-dealkylation sites (tertiary alicyclic amines) is 1. The van der Waals surface area contributed by atoms with Crippen LogP contribution in [0, 0.1) is 13.8 Å². The zero-order valence-corrected chi connectivity index (χ0v) is 17.2. The molecule has 2 aromatic heterocycles. The van der Waals surface area contributed by atoms with Gasteiger partial charge in [0.15, 0.2) is 5.96 Å². The fourth-order valence-electron chi connectivity index (χ4n) is 3.61. The van der Waals surface area contributed by atoms with Crippen LogP contribution >= 0.6 is 0 Å². The van der Waals surface area contributed by atoms with Gasteiger partial charge in [0.2, 0.25) is 0 Å². The molecule has 0 unspecified atom stereocenters. The van der Waals surface area contributed by atoms with Gasteiger partial charge in [-0.1, -0.05) is 11.2 Å². The normalized spacial score (nSPS) is 16.3. The summed E-state index contributed by atoms with van der Waals surface area (Å²) >= 11 is 0. The number of guanidine groups is 1. The highest BCUT2D eigenvalue weighted by atomic mass is 16.5. The van der Waals surface area contributed by atoms with E-state index >= 15 is 0 Å². The molecule has 1 fully saturated rings. The van der Waals surface area contributed by atoms with Crippen molar-refractivity contribution in [1.29, 1.82) is 0 Å². The molecule has 7 nitrogen and oxygen atoms in total. The summed E-state index contributed by atoms with van der Waals surface area (Å²) in [4.78, 5) is 11.7. The van der Waals surface area contributed by atoms with Gasteiger partial charge in [0.05, 0.1) is 11.4 Å². The molecule has 0 bridgehead atoms. The summed E-state index contributed by atoms with van der Waals surface area (Å²) in [6.45, 7) is 10.7. The first-order valence-corrected chi connectivity index (χ1v) is 10.2. The third-order valence-corrected chi connectivity index (χ3v) is 5.20. The van der Waals surface area contributed by atoms with Crippen LogP contribution in [0.5, 0.6) is 0 Å². The maximum Gasteiger partial charge on any atom is 0.191 e. The van der Waals surface area contributed by atoms with E-state index in [9.17, 15) is 0 Å². The molecule has 28 heavy (non-hydrogen) atoms. The second-order valence-corrected chi connectivity index (χ2v) is 7.33. The molecule has 7 heteroatoms. The topological polar surface area (TPSA) is 78.6 Å². The van der Waals surface area contributed by atoms with Gasteiger partial charge in [-0.25, -0.2) is 0 Å². The summed E-state index contributed by atoms with van der Waals surface area (Å²) < 4.78 is 5.24. The van der Waals surface area contributed by atoms with Gasteiger partial charge in [-0.05, 0) is 52.2 Å². The van der Waals surface area contributed by atoms with Crippen molar-refractivity contribution in [3.8, 4) is 0 Å². The fraction of sp³-hybridized carbons (Fsp3) is 0.571. The van der Waals surface area contributed by atoms with Gasteiger partial charge in [0, 0.05) is 50.5 Å². The molecule has 0 aliphatic carbocycles. The summed E-state index contributed by atoms with van der Waals surface area (Å²) in [6.07, 6.45) is 4.94. The van der Waals surface area contributed by atoms with E-state index in [-0.39, 0.29) is 0 Å². The molecule has 0 aromatic carbocycles. The van der Waals surface area contributed by atoms with Gasteiger partial charge in [-0.15, -0.1) is 0 Å². The molecule has 1 aliphatic heterocycles. The number of pyridine rings is 1. The minimum Gasteiger partial charge on any atom is -0.361 e. The van der Waals surface area contributed by atoms with Crippen LogP contribution in [-0.4, -0.2) is 53.2 Å². The van der Waals surface area contributed by atoms with Crippen molar-refractivity contribution in [1.82, 2.24) is 25.7 Å². The average Bonchev–Trinajstić information content (AvgIpc) is 3.02. The average molecular weight is 385 g/mol. The van der Waals surface area contributed by atoms with Gasteiger partial charge in [0.25, 0.3) is 0 Å². The Morgan fingerprint density at radius 3 is 2.75 bits per heavy atom. The van der Waals surface area contributed by atoms with E-state index in [1.807, 2.05) is 26.1 Å². The third kappa shape index (κ3) is 5.79. The van der Waals surface area contributed by atoms with Crippen molar-refractivity contribution in [2.24, 2.45) is 4.99 Å². The standard InChI is InChI=1S/C21H32N6O/c1-4-22-21(24-12-8-20-16(2)26-28-17(20)3)25-18-9-13-27(14-10-18)15-19-7-5-6-11-23-19/h5-7,11,18H,4,8-10,12-15H2,1-3H3,(H2,22,24,25). The van der Waals surface area contributed by atoms with E-state index < -0.39 is 0 Å². The lowest BCUT2D eigenvalue weighted by atomic mass is 10.0. The van der Waals surface area contributed by atoms with Crippen molar-refractivity contribution >= 4 is 5.96 Å². The summed E-state index contributed by atoms with van der Waals surface area (Å²) in [7, 11) is 0. The molecule has 0 saturated carbocycles. The molecule has 152 valence electrons. The number of aryl methyl sites for hydroxylation is 2. The Kier molecular flexibility index (Phi) is 7.42. The quantitative estimate of drug-likeness (QED) is 0.564. The Morgan fingerprint density at radius 2 is 2.11 bits per heavy atom. The van der Waals surface area contributed by atoms with Crippen LogP contribution in [0.3, 0.4) is 0 Å². The van der Waals surface area contributed by atoms with Crippen LogP contribution in [0.1, 0.15) is 42.5 Å². The number of rotatable bonds is 7. The lowest BCUT2D eigenvalue weighted by molar-refractivity contribution is 0.196. The van der Waals surface area contributed by atoms with Crippen LogP contribution in [-0.2, 0) is 13.0 Å². The monoisotopic (exact) mass is 384 g/mol. The predicted octanol–water partition coefficient (Wildman–Crippen LogP) is 2.45. The fourth-order valence-corrected chi connectivity index (χ4v) is 3.61. The third-order valence-electron chi connectivity index (χ3n) is 5.20. The van der Waals surface area contributed by atoms with E-state index in [0.717, 1.165) is 75.1 Å². The van der Waals surface area contributed by atoms with E-state index in [0.29, 0.717) is 6.04 Å². The van der Waals surface area contributed by atoms with Crippen molar-refractivity contribution in [2.75, 3.05) is 26.2 Å². The lowest BCUT2D eigenvalue weighted by Gasteiger charge is -2.32. The number of aromatic nitrogens is 2. The number of hydrogen-bond acceptors (Lipinski definition) is 5. The minimum absolute atomic E-state index is 0.455. The number of aliphatic imine (C=N–C) groups is 1. The van der Waals surface area contributed by atoms with Gasteiger partial charge in [0.1, 0.15) is 5.76 Å². The first kappa shape index (κ1) is 20.3. The molecule has 1 saturated heterocycles. The number of nitrogens with zero attached hydrogens (tertiary/aromatic N) is 4. The molecule has 1 aliphatic rings. The highest BCUT2D eigenvalue weighted by Gasteiger charge is 2.20. The summed E-state index contributed by atoms with van der Waals surface area (Å²) in [5.41, 5.74) is 3.27. The SMILES string of the molecule is CCNC(=NCCc1c(C)noc1C)NC1CCN(Cc2ccccn2)CC1. The molecule has 0 spiro atoms. The van der Waals surface area contributed by atoms with Gasteiger partial charge in [-0.3, -0.25) is 14.9 Å². The smallest absolute Gasteiger partial charge is 0.191 e. The molecule has 0 radical (unpaired) electrons. The van der Waals surface area contributed by atoms with E-state index in [4.69, 9.17) is 9.52 Å². The van der Waals surface area contributed by atoms with E-state index in [1.165, 1.54) is 5.56 Å². The number of nitrogens with one attached hydrogen (secondary N) is 2. The lowest BCUT2D eigenvalue weighted by Crippen LogP contribution is -2.48. The molecular weight excluding hydrogens is 352 g/mol. The minimum atomic E-state index is 0.455. The summed E-state index contributed by atoms with van der Waals surface area (Å²) in [5, 5.41) is 11.0. The largest absolute Gasteiger partial charge is 0.361 e. The highest BCUT2D eigenvalue weighted by Crippen LogP contribution is 2.14. The Labute approximate surface area is 167 Å². The molecule has 2 N–H and O–H groups in total. The summed E-state index contributed by atoms with van der Waals surface area (Å²) in [6, 6.07) is 6.57. The van der Waals surface area contributed by atoms with Crippen molar-refractivity contribution in [2.45, 2.75) is 52.6 Å². The van der Waals surface area contributed by atoms with Crippen LogP contribution in [0.15, 0.2) is 33.9 Å². The maximum atomic E-state index is 5.24. The van der Waals surface area contributed by atoms with Crippen LogP contribution < -0.4 is 10.6 Å². The summed E-state index contributed by atoms with van der Waals surface area (Å²) in [5.74, 6) is 1.79. The van der Waals surface area contributed by atoms with Crippen molar-refractivity contribution in [3.63, 3.8) is 0 Å². The zero-order valence-electron chi connectivity index (χ0n) is 17.2. The molecule has 0 atom stereocenters. The van der Waals surface area contributed by atoms with Gasteiger partial charge < -0.3 is 15.2 Å². The van der Waals surface area contributed by atoms with Crippen molar-refractivity contribution in [3.05, 3.63) is 47.1 Å². The number of piperidine rings is 1. The Morgan fingerprint density at radius 1 is 1.29 bits per heavy atom. The molecular formula is C21H32N6O. The molecule has 3 rings (SSSR count). The molecule has 2 aromatic rings. The Bertz CT molecular complexity index is 730. The predicted molar refractivity (Wildman–Crippen MR) is 111 cm³/mol. The second-order valence-electron chi connectivity index (χ2n) is 7.33. The van der Waals surface area contributed by atoms with Gasteiger partial charge in [-0.2, -0.15) is 0 Å². The second kappa shape index (κ2) is 10.2. The van der Waals surface area contributed by atoms with Crippen molar-refractivity contribution < 1.29 is 4.52 Å². The maximum absolute atomic E-state index is 5.24. The van der Waals surface area contributed by atoms with E-state index in [1.54, 1.807) is 0 Å². The Balaban J connectivity index is 1.46. The first-order chi connectivity index (χ1) is 13.7. The highest BCUT2D eigenvalue weighted by molar-refractivity contribution is 5.80. The van der Waals surface area contributed by atoms with Gasteiger partial charge >= 0.3 is 0 Å². The zero-order chi connectivity index (χ0) is 19.8. The van der Waals surface area contributed by atoms with E-state index in [2.05, 4.69) is 44.7 Å². The molecule has 3 heterocycles. The number of hydrogen-bond donors (Lipinski definition) is 2. The van der Waals surface area contributed by atoms with Crippen LogP contribution in [0.2, 0.25) is 0 Å². The van der Waals surface area contributed by atoms with Crippen LogP contribution in [0.25, 0.3) is 0 Å².